The third kappa shape index (κ3) is 5.55. The van der Waals surface area contributed by atoms with Gasteiger partial charge in [-0.1, -0.05) is 78.0 Å². The Morgan fingerprint density at radius 2 is 1.56 bits per heavy atom. The normalized spacial score (nSPS) is 11.4. The van der Waals surface area contributed by atoms with Gasteiger partial charge >= 0.3 is 0 Å². The summed E-state index contributed by atoms with van der Waals surface area (Å²) in [6.45, 7) is 2.04. The van der Waals surface area contributed by atoms with Gasteiger partial charge in [-0.2, -0.15) is 5.10 Å². The lowest BCUT2D eigenvalue weighted by Crippen LogP contribution is -2.20. The van der Waals surface area contributed by atoms with Gasteiger partial charge in [-0.15, -0.1) is 10.2 Å². The van der Waals surface area contributed by atoms with Crippen LogP contribution in [0.15, 0.2) is 113 Å². The van der Waals surface area contributed by atoms with Crippen LogP contribution in [0, 0.1) is 6.92 Å². The van der Waals surface area contributed by atoms with Crippen LogP contribution in [0.4, 0.5) is 0 Å². The number of benzene rings is 5. The van der Waals surface area contributed by atoms with Crippen LogP contribution >= 0.6 is 11.8 Å². The zero-order valence-corrected chi connectivity index (χ0v) is 23.4. The van der Waals surface area contributed by atoms with Gasteiger partial charge in [-0.25, -0.2) is 5.43 Å². The Morgan fingerprint density at radius 1 is 0.902 bits per heavy atom. The molecule has 0 bridgehead atoms. The van der Waals surface area contributed by atoms with Crippen molar-refractivity contribution in [1.29, 1.82) is 0 Å². The monoisotopic (exact) mass is 557 g/mol. The quantitative estimate of drug-likeness (QED) is 0.0963. The molecular weight excluding hydrogens is 530 g/mol. The summed E-state index contributed by atoms with van der Waals surface area (Å²) < 4.78 is 7.27. The molecule has 0 aliphatic heterocycles. The summed E-state index contributed by atoms with van der Waals surface area (Å²) in [5, 5.41) is 18.2. The van der Waals surface area contributed by atoms with Crippen molar-refractivity contribution in [3.05, 3.63) is 114 Å². The molecule has 1 aromatic heterocycles. The average molecular weight is 558 g/mol. The first-order chi connectivity index (χ1) is 20.1. The van der Waals surface area contributed by atoms with E-state index in [0.717, 1.165) is 49.7 Å². The SMILES string of the molecule is COc1ccc(-c2nnc(SCC(=O)NN=Cc3c4ccccc4cc4ccccc34)n2-c2ccc(C)cc2)cc1. The molecule has 202 valence electrons. The van der Waals surface area contributed by atoms with Gasteiger partial charge in [0, 0.05) is 16.8 Å². The number of hydrogen-bond acceptors (Lipinski definition) is 6. The van der Waals surface area contributed by atoms with Crippen LogP contribution in [0.2, 0.25) is 0 Å². The van der Waals surface area contributed by atoms with Gasteiger partial charge in [0.2, 0.25) is 0 Å². The Kier molecular flexibility index (Phi) is 7.47. The number of nitrogens with zero attached hydrogens (tertiary/aromatic N) is 4. The van der Waals surface area contributed by atoms with E-state index < -0.39 is 0 Å². The first kappa shape index (κ1) is 26.3. The van der Waals surface area contributed by atoms with Gasteiger partial charge in [0.1, 0.15) is 5.75 Å². The number of aromatic nitrogens is 3. The number of fused-ring (bicyclic) bond motifs is 2. The fourth-order valence-electron chi connectivity index (χ4n) is 4.74. The van der Waals surface area contributed by atoms with E-state index in [0.29, 0.717) is 11.0 Å². The Hall–Kier alpha value is -4.95. The van der Waals surface area contributed by atoms with Crippen LogP contribution in [0.25, 0.3) is 38.6 Å². The lowest BCUT2D eigenvalue weighted by Gasteiger charge is -2.11. The van der Waals surface area contributed by atoms with Gasteiger partial charge in [0.05, 0.1) is 19.1 Å². The second kappa shape index (κ2) is 11.7. The molecule has 1 N–H and O–H groups in total. The molecule has 41 heavy (non-hydrogen) atoms. The molecule has 1 heterocycles. The molecule has 6 aromatic rings. The molecule has 0 unspecified atom stereocenters. The molecule has 0 aliphatic carbocycles. The first-order valence-electron chi connectivity index (χ1n) is 13.1. The highest BCUT2D eigenvalue weighted by molar-refractivity contribution is 7.99. The number of ether oxygens (including phenoxy) is 1. The lowest BCUT2D eigenvalue weighted by atomic mass is 9.97. The van der Waals surface area contributed by atoms with Gasteiger partial charge in [0.25, 0.3) is 5.91 Å². The van der Waals surface area contributed by atoms with Crippen molar-refractivity contribution in [3.8, 4) is 22.8 Å². The van der Waals surface area contributed by atoms with Crippen LogP contribution in [0.1, 0.15) is 11.1 Å². The summed E-state index contributed by atoms with van der Waals surface area (Å²) >= 11 is 1.31. The zero-order valence-electron chi connectivity index (χ0n) is 22.6. The summed E-state index contributed by atoms with van der Waals surface area (Å²) in [5.74, 6) is 1.33. The third-order valence-corrected chi connectivity index (χ3v) is 7.73. The fraction of sp³-hybridized carbons (Fsp3) is 0.0909. The molecule has 0 spiro atoms. The van der Waals surface area contributed by atoms with Gasteiger partial charge < -0.3 is 4.74 Å². The number of carbonyl (C=O) groups excluding carboxylic acids is 1. The van der Waals surface area contributed by atoms with E-state index in [1.165, 1.54) is 11.8 Å². The molecule has 0 aliphatic rings. The number of amides is 1. The van der Waals surface area contributed by atoms with Crippen LogP contribution in [-0.4, -0.2) is 39.7 Å². The van der Waals surface area contributed by atoms with E-state index in [1.807, 2.05) is 84.3 Å². The maximum absolute atomic E-state index is 12.9. The molecule has 0 fully saturated rings. The Balaban J connectivity index is 1.23. The predicted octanol–water partition coefficient (Wildman–Crippen LogP) is 6.80. The zero-order chi connectivity index (χ0) is 28.2. The number of carbonyl (C=O) groups is 1. The van der Waals surface area contributed by atoms with Gasteiger partial charge in [-0.3, -0.25) is 9.36 Å². The number of thioether (sulfide) groups is 1. The highest BCUT2D eigenvalue weighted by Gasteiger charge is 2.17. The van der Waals surface area contributed by atoms with E-state index in [1.54, 1.807) is 13.3 Å². The third-order valence-electron chi connectivity index (χ3n) is 6.80. The number of hydrazone groups is 1. The average Bonchev–Trinajstić information content (AvgIpc) is 3.44. The van der Waals surface area contributed by atoms with Crippen molar-refractivity contribution in [3.63, 3.8) is 0 Å². The summed E-state index contributed by atoms with van der Waals surface area (Å²) in [6.07, 6.45) is 1.73. The smallest absolute Gasteiger partial charge is 0.250 e. The second-order valence-corrected chi connectivity index (χ2v) is 10.5. The number of methoxy groups -OCH3 is 1. The number of hydrogen-bond donors (Lipinski definition) is 1. The molecule has 8 heteroatoms. The minimum Gasteiger partial charge on any atom is -0.497 e. The topological polar surface area (TPSA) is 81.4 Å². The highest BCUT2D eigenvalue weighted by Crippen LogP contribution is 2.30. The molecule has 5 aromatic carbocycles. The summed E-state index contributed by atoms with van der Waals surface area (Å²) in [4.78, 5) is 12.9. The van der Waals surface area contributed by atoms with Crippen molar-refractivity contribution in [2.75, 3.05) is 12.9 Å². The van der Waals surface area contributed by atoms with Crippen molar-refractivity contribution < 1.29 is 9.53 Å². The second-order valence-electron chi connectivity index (χ2n) is 9.52. The molecule has 0 radical (unpaired) electrons. The van der Waals surface area contributed by atoms with Gasteiger partial charge in [0.15, 0.2) is 11.0 Å². The molecule has 0 atom stereocenters. The van der Waals surface area contributed by atoms with E-state index in [4.69, 9.17) is 4.74 Å². The molecular formula is C33H27N5O2S. The van der Waals surface area contributed by atoms with Crippen molar-refractivity contribution in [2.24, 2.45) is 5.10 Å². The molecule has 7 nitrogen and oxygen atoms in total. The number of rotatable bonds is 8. The standard InChI is InChI=1S/C33H27N5O2S/c1-22-11-15-26(16-12-22)38-32(23-13-17-27(40-2)18-14-23)36-37-33(38)41-21-31(39)35-34-20-30-28-9-5-3-7-24(28)19-25-8-4-6-10-29(25)30/h3-20H,21H2,1-2H3,(H,35,39). The van der Waals surface area contributed by atoms with E-state index in [2.05, 4.69) is 51.1 Å². The molecule has 0 saturated carbocycles. The lowest BCUT2D eigenvalue weighted by molar-refractivity contribution is -0.118. The number of nitrogens with one attached hydrogen (secondary N) is 1. The van der Waals surface area contributed by atoms with Crippen molar-refractivity contribution in [2.45, 2.75) is 12.1 Å². The Bertz CT molecular complexity index is 1830. The Labute approximate surface area is 241 Å². The predicted molar refractivity (Wildman–Crippen MR) is 166 cm³/mol. The summed E-state index contributed by atoms with van der Waals surface area (Å²) in [6, 6.07) is 34.3. The maximum atomic E-state index is 12.9. The van der Waals surface area contributed by atoms with E-state index >= 15 is 0 Å². The van der Waals surface area contributed by atoms with Crippen molar-refractivity contribution >= 4 is 45.4 Å². The number of aryl methyl sites for hydroxylation is 1. The van der Waals surface area contributed by atoms with Gasteiger partial charge in [-0.05, 0) is 70.9 Å². The molecule has 0 saturated heterocycles. The van der Waals surface area contributed by atoms with Crippen molar-refractivity contribution in [1.82, 2.24) is 20.2 Å². The Morgan fingerprint density at radius 3 is 2.22 bits per heavy atom. The van der Waals surface area contributed by atoms with Crippen LogP contribution in [-0.2, 0) is 4.79 Å². The van der Waals surface area contributed by atoms with E-state index in [9.17, 15) is 4.79 Å². The summed E-state index contributed by atoms with van der Waals surface area (Å²) in [5.41, 5.74) is 6.61. The van der Waals surface area contributed by atoms with Crippen LogP contribution in [0.3, 0.4) is 0 Å². The molecule has 1 amide bonds. The first-order valence-corrected chi connectivity index (χ1v) is 14.1. The van der Waals surface area contributed by atoms with Crippen LogP contribution < -0.4 is 10.2 Å². The highest BCUT2D eigenvalue weighted by atomic mass is 32.2. The molecule has 6 rings (SSSR count). The fourth-order valence-corrected chi connectivity index (χ4v) is 5.48. The largest absolute Gasteiger partial charge is 0.497 e. The minimum absolute atomic E-state index is 0.125. The maximum Gasteiger partial charge on any atom is 0.250 e. The van der Waals surface area contributed by atoms with Crippen LogP contribution in [0.5, 0.6) is 5.75 Å². The minimum atomic E-state index is -0.236. The van der Waals surface area contributed by atoms with E-state index in [-0.39, 0.29) is 11.7 Å². The summed E-state index contributed by atoms with van der Waals surface area (Å²) in [7, 11) is 1.64.